The van der Waals surface area contributed by atoms with Crippen LogP contribution in [0.4, 0.5) is 40.8 Å². The highest BCUT2D eigenvalue weighted by molar-refractivity contribution is 7.92. The lowest BCUT2D eigenvalue weighted by molar-refractivity contribution is -0.376. The number of nitrogens with one attached hydrogen (secondary N) is 2. The number of amides is 2. The standard InChI is InChI=1S/C18H14F7NO3S.C8H15NO.C2H5NO.CH3F/c19-13-4-6-14(7-5-13)30(28,29)26-9-1-2-11-10-12(3-8-15(11)26)16(27,17(20,21)22)18(23,24)25;1-6-4-3-5-8(6)9-7(2)10;1-3-2-4;1-2/h3-8,10,27H,1-2,9H2;6,8H,3-5H2,1-2H3,(H,9,10);2H,1H3,(H,3,4);1H3/t;6-,8+;;/m.1../s1. The number of rotatable bonds is 5. The number of nitrogens with zero attached hydrogens (tertiary/aromatic N) is 1. The molecule has 8 nitrogen and oxygen atoms in total. The van der Waals surface area contributed by atoms with E-state index >= 15 is 0 Å². The summed E-state index contributed by atoms with van der Waals surface area (Å²) in [7, 11) is -2.18. The highest BCUT2D eigenvalue weighted by Gasteiger charge is 2.71. The molecule has 0 bridgehead atoms. The maximum absolute atomic E-state index is 13.1. The average Bonchev–Trinajstić information content (AvgIpc) is 3.39. The third-order valence-corrected chi connectivity index (χ3v) is 8.99. The van der Waals surface area contributed by atoms with Gasteiger partial charge in [-0.1, -0.05) is 25.5 Å². The van der Waals surface area contributed by atoms with Crippen molar-refractivity contribution in [1.29, 1.82) is 0 Å². The van der Waals surface area contributed by atoms with Gasteiger partial charge in [0.1, 0.15) is 5.82 Å². The molecule has 0 radical (unpaired) electrons. The van der Waals surface area contributed by atoms with Crippen LogP contribution in [0.25, 0.3) is 0 Å². The minimum Gasteiger partial charge on any atom is -0.369 e. The molecule has 0 saturated heterocycles. The van der Waals surface area contributed by atoms with Gasteiger partial charge in [0.15, 0.2) is 0 Å². The monoisotopic (exact) mass is 691 g/mol. The van der Waals surface area contributed by atoms with Gasteiger partial charge in [0.05, 0.1) is 17.8 Å². The Balaban J connectivity index is 0.000000546. The summed E-state index contributed by atoms with van der Waals surface area (Å²) in [6.45, 7) is 3.72. The van der Waals surface area contributed by atoms with Crippen LogP contribution in [-0.2, 0) is 31.6 Å². The Labute approximate surface area is 262 Å². The first-order valence-corrected chi connectivity index (χ1v) is 15.3. The molecule has 46 heavy (non-hydrogen) atoms. The van der Waals surface area contributed by atoms with Crippen LogP contribution < -0.4 is 14.9 Å². The summed E-state index contributed by atoms with van der Waals surface area (Å²) in [4.78, 5) is 19.4. The van der Waals surface area contributed by atoms with E-state index in [-0.39, 0.29) is 41.4 Å². The van der Waals surface area contributed by atoms with Crippen LogP contribution in [-0.4, -0.2) is 65.0 Å². The third kappa shape index (κ3) is 9.77. The summed E-state index contributed by atoms with van der Waals surface area (Å²) < 4.78 is 128. The molecule has 260 valence electrons. The minimum atomic E-state index is -6.05. The number of sulfonamides is 1. The molecular formula is C29H37F8N3O5S. The van der Waals surface area contributed by atoms with Gasteiger partial charge >= 0.3 is 12.4 Å². The van der Waals surface area contributed by atoms with Crippen LogP contribution in [0, 0.1) is 11.7 Å². The molecule has 0 unspecified atom stereocenters. The second-order valence-corrected chi connectivity index (χ2v) is 12.2. The van der Waals surface area contributed by atoms with Crippen LogP contribution >= 0.6 is 0 Å². The smallest absolute Gasteiger partial charge is 0.369 e. The fourth-order valence-corrected chi connectivity index (χ4v) is 6.42. The molecule has 1 heterocycles. The molecule has 2 amide bonds. The van der Waals surface area contributed by atoms with E-state index in [4.69, 9.17) is 4.79 Å². The number of fused-ring (bicyclic) bond motifs is 1. The number of hydrogen-bond donors (Lipinski definition) is 3. The minimum absolute atomic E-state index is 0.00437. The second kappa shape index (κ2) is 16.9. The summed E-state index contributed by atoms with van der Waals surface area (Å²) in [5, 5.41) is 14.8. The molecule has 1 saturated carbocycles. The zero-order valence-corrected chi connectivity index (χ0v) is 26.3. The highest BCUT2D eigenvalue weighted by atomic mass is 32.2. The second-order valence-electron chi connectivity index (χ2n) is 10.3. The average molecular weight is 692 g/mol. The summed E-state index contributed by atoms with van der Waals surface area (Å²) in [5.74, 6) is 0.110. The number of aryl methyl sites for hydroxylation is 1. The summed E-state index contributed by atoms with van der Waals surface area (Å²) in [5.41, 5.74) is -6.77. The van der Waals surface area contributed by atoms with Crippen molar-refractivity contribution in [1.82, 2.24) is 10.6 Å². The Morgan fingerprint density at radius 3 is 1.96 bits per heavy atom. The van der Waals surface area contributed by atoms with Crippen LogP contribution in [0.2, 0.25) is 0 Å². The first-order valence-electron chi connectivity index (χ1n) is 13.8. The van der Waals surface area contributed by atoms with E-state index in [0.717, 1.165) is 34.6 Å². The van der Waals surface area contributed by atoms with Crippen LogP contribution in [0.1, 0.15) is 50.7 Å². The first-order chi connectivity index (χ1) is 21.3. The van der Waals surface area contributed by atoms with Crippen molar-refractivity contribution in [2.45, 2.75) is 74.8 Å². The van der Waals surface area contributed by atoms with Gasteiger partial charge in [0, 0.05) is 32.1 Å². The fourth-order valence-electron chi connectivity index (χ4n) is 4.88. The molecule has 0 spiro atoms. The Hall–Kier alpha value is -3.47. The summed E-state index contributed by atoms with van der Waals surface area (Å²) >= 11 is 0. The van der Waals surface area contributed by atoms with Crippen molar-refractivity contribution < 1.29 is 58.2 Å². The number of benzene rings is 2. The predicted octanol–water partition coefficient (Wildman–Crippen LogP) is 5.54. The van der Waals surface area contributed by atoms with E-state index in [1.807, 2.05) is 0 Å². The number of carbonyl (C=O) groups excluding carboxylic acids is 2. The number of anilines is 1. The molecule has 1 fully saturated rings. The molecule has 17 heteroatoms. The predicted molar refractivity (Wildman–Crippen MR) is 154 cm³/mol. The Kier molecular flexibility index (Phi) is 14.9. The molecule has 0 aromatic heterocycles. The lowest BCUT2D eigenvalue weighted by Crippen LogP contribution is -2.54. The normalized spacial score (nSPS) is 17.9. The van der Waals surface area contributed by atoms with E-state index in [1.165, 1.54) is 19.3 Å². The molecule has 1 aliphatic heterocycles. The summed E-state index contributed by atoms with van der Waals surface area (Å²) in [6, 6.07) is 5.99. The maximum Gasteiger partial charge on any atom is 0.430 e. The topological polar surface area (TPSA) is 116 Å². The molecular weight excluding hydrogens is 654 g/mol. The molecule has 1 aliphatic carbocycles. The van der Waals surface area contributed by atoms with Gasteiger partial charge in [-0.15, -0.1) is 0 Å². The molecule has 2 atom stereocenters. The van der Waals surface area contributed by atoms with E-state index in [0.29, 0.717) is 37.7 Å². The van der Waals surface area contributed by atoms with Crippen molar-refractivity contribution in [3.05, 3.63) is 59.4 Å². The maximum atomic E-state index is 13.1. The lowest BCUT2D eigenvalue weighted by Gasteiger charge is -2.35. The van der Waals surface area contributed by atoms with Crippen LogP contribution in [0.3, 0.4) is 0 Å². The van der Waals surface area contributed by atoms with Gasteiger partial charge in [0.2, 0.25) is 12.3 Å². The molecule has 3 N–H and O–H groups in total. The quantitative estimate of drug-likeness (QED) is 0.282. The van der Waals surface area contributed by atoms with Gasteiger partial charge in [-0.05, 0) is 67.5 Å². The SMILES string of the molecule is CC(=O)N[C@H]1CCC[C@H]1C.CF.CNC=O.O=S(=O)(c1ccc(F)cc1)N1CCCc2cc(C(O)(C(F)(F)F)C(F)(F)F)ccc21. The Morgan fingerprint density at radius 2 is 1.52 bits per heavy atom. The van der Waals surface area contributed by atoms with Crippen molar-refractivity contribution in [2.24, 2.45) is 5.92 Å². The van der Waals surface area contributed by atoms with Gasteiger partial charge in [0.25, 0.3) is 15.6 Å². The van der Waals surface area contributed by atoms with Crippen molar-refractivity contribution in [3.63, 3.8) is 0 Å². The van der Waals surface area contributed by atoms with Gasteiger partial charge in [-0.2, -0.15) is 26.3 Å². The molecule has 2 aliphatic rings. The van der Waals surface area contributed by atoms with E-state index in [1.54, 1.807) is 14.0 Å². The van der Waals surface area contributed by atoms with E-state index < -0.39 is 39.4 Å². The van der Waals surface area contributed by atoms with Gasteiger partial charge < -0.3 is 15.7 Å². The Bertz CT molecular complexity index is 1370. The van der Waals surface area contributed by atoms with Gasteiger partial charge in [-0.3, -0.25) is 18.3 Å². The fraction of sp³-hybridized carbons (Fsp3) is 0.517. The lowest BCUT2D eigenvalue weighted by atomic mass is 9.89. The zero-order valence-electron chi connectivity index (χ0n) is 25.5. The van der Waals surface area contributed by atoms with Crippen LogP contribution in [0.15, 0.2) is 47.4 Å². The summed E-state index contributed by atoms with van der Waals surface area (Å²) in [6.07, 6.45) is -7.64. The van der Waals surface area contributed by atoms with Crippen molar-refractivity contribution in [3.8, 4) is 0 Å². The largest absolute Gasteiger partial charge is 0.430 e. The highest BCUT2D eigenvalue weighted by Crippen LogP contribution is 2.51. The van der Waals surface area contributed by atoms with Gasteiger partial charge in [-0.25, -0.2) is 12.8 Å². The number of hydrogen-bond acceptors (Lipinski definition) is 5. The molecule has 2 aromatic rings. The Morgan fingerprint density at radius 1 is 0.978 bits per heavy atom. The van der Waals surface area contributed by atoms with Crippen molar-refractivity contribution >= 4 is 28.0 Å². The number of halogens is 8. The molecule has 4 rings (SSSR count). The number of carbonyl (C=O) groups is 2. The van der Waals surface area contributed by atoms with Crippen molar-refractivity contribution in [2.75, 3.05) is 25.1 Å². The zero-order chi connectivity index (χ0) is 35.5. The molecule has 2 aromatic carbocycles. The first kappa shape index (κ1) is 40.6. The number of alkyl halides is 7. The van der Waals surface area contributed by atoms with E-state index in [2.05, 4.69) is 17.6 Å². The van der Waals surface area contributed by atoms with Crippen LogP contribution in [0.5, 0.6) is 0 Å². The number of aliphatic hydroxyl groups is 1. The van der Waals surface area contributed by atoms with E-state index in [9.17, 15) is 53.4 Å². The third-order valence-electron chi connectivity index (χ3n) is 7.16.